The molecule has 19 heteroatoms. The first-order chi connectivity index (χ1) is 21.6. The summed E-state index contributed by atoms with van der Waals surface area (Å²) >= 11 is 1.91. The molecule has 0 radical (unpaired) electrons. The molecular weight excluding hydrogens is 797 g/mol. The second kappa shape index (κ2) is 13.8. The molecular formula is C27H26IN3O11S4. The lowest BCUT2D eigenvalue weighted by atomic mass is 10.3. The minimum absolute atomic E-state index is 0.200. The van der Waals surface area contributed by atoms with Crippen molar-refractivity contribution >= 4 is 62.7 Å². The molecule has 0 amide bonds. The largest absolute Gasteiger partial charge is 0.497 e. The topological polar surface area (TPSA) is 183 Å². The molecule has 0 bridgehead atoms. The van der Waals surface area contributed by atoms with E-state index in [0.717, 1.165) is 48.5 Å². The fourth-order valence-electron chi connectivity index (χ4n) is 3.79. The second-order valence-corrected chi connectivity index (χ2v) is 17.5. The Morgan fingerprint density at radius 2 is 0.783 bits per heavy atom. The lowest BCUT2D eigenvalue weighted by Gasteiger charge is -2.31. The number of nitrogens with zero attached hydrogens (tertiary/aromatic N) is 2. The van der Waals surface area contributed by atoms with Crippen molar-refractivity contribution in [3.8, 4) is 17.2 Å². The maximum atomic E-state index is 14.3. The molecule has 0 atom stereocenters. The number of hydrogen-bond acceptors (Lipinski definition) is 11. The lowest BCUT2D eigenvalue weighted by molar-refractivity contribution is 0.226. The zero-order valence-corrected chi connectivity index (χ0v) is 29.6. The van der Waals surface area contributed by atoms with Gasteiger partial charge in [0.25, 0.3) is 40.1 Å². The summed E-state index contributed by atoms with van der Waals surface area (Å²) < 4.78 is 128. The van der Waals surface area contributed by atoms with Crippen LogP contribution in [0.15, 0.2) is 117 Å². The Morgan fingerprint density at radius 3 is 1.11 bits per heavy atom. The van der Waals surface area contributed by atoms with Crippen molar-refractivity contribution < 1.29 is 47.9 Å². The molecule has 0 aliphatic heterocycles. The zero-order valence-electron chi connectivity index (χ0n) is 24.1. The molecule has 46 heavy (non-hydrogen) atoms. The number of hydrogen-bond donors (Lipinski definition) is 1. The number of halogens is 1. The average Bonchev–Trinajstić information content (AvgIpc) is 3.04. The van der Waals surface area contributed by atoms with Crippen LogP contribution < -0.4 is 19.0 Å². The van der Waals surface area contributed by atoms with Crippen molar-refractivity contribution in [1.82, 2.24) is 13.2 Å². The van der Waals surface area contributed by atoms with Crippen LogP contribution in [-0.4, -0.2) is 63.3 Å². The maximum absolute atomic E-state index is 14.3. The monoisotopic (exact) mass is 823 g/mol. The molecule has 4 aromatic rings. The summed E-state index contributed by atoms with van der Waals surface area (Å²) in [6.07, 6.45) is 0. The highest BCUT2D eigenvalue weighted by Crippen LogP contribution is 2.32. The van der Waals surface area contributed by atoms with Crippen molar-refractivity contribution in [3.05, 3.63) is 101 Å². The van der Waals surface area contributed by atoms with Gasteiger partial charge in [0.15, 0.2) is 0 Å². The molecule has 0 unspecified atom stereocenters. The van der Waals surface area contributed by atoms with E-state index in [0.29, 0.717) is 3.57 Å². The Bertz CT molecular complexity index is 2050. The van der Waals surface area contributed by atoms with Gasteiger partial charge in [-0.25, -0.2) is 33.7 Å². The van der Waals surface area contributed by atoms with Crippen LogP contribution in [0, 0.1) is 3.57 Å². The number of ether oxygens (including phenoxy) is 3. The predicted molar refractivity (Wildman–Crippen MR) is 174 cm³/mol. The van der Waals surface area contributed by atoms with Gasteiger partial charge in [-0.3, -0.25) is 0 Å². The standard InChI is InChI=1S/C27H26IN3O11S4/c1-40-21-6-14-25(15-7-21)44(34,35)30(29-43(32,33)24-12-4-20(28)5-13-24)31(45(36,37)26-16-8-22(41-2)9-17-26)46(38,39)27-18-10-23(42-3)11-19-27/h4-19,29H,1-3H3. The Kier molecular flexibility index (Phi) is 10.7. The summed E-state index contributed by atoms with van der Waals surface area (Å²) in [5, 5.41) is 0. The van der Waals surface area contributed by atoms with Gasteiger partial charge in [0.05, 0.1) is 40.9 Å². The molecule has 0 fully saturated rings. The van der Waals surface area contributed by atoms with E-state index >= 15 is 0 Å². The molecule has 0 saturated heterocycles. The van der Waals surface area contributed by atoms with Crippen molar-refractivity contribution in [1.29, 1.82) is 0 Å². The van der Waals surface area contributed by atoms with Gasteiger partial charge in [-0.1, -0.05) is 0 Å². The minimum Gasteiger partial charge on any atom is -0.497 e. The molecule has 0 saturated carbocycles. The third-order valence-corrected chi connectivity index (χ3v) is 14.2. The molecule has 0 aliphatic carbocycles. The van der Waals surface area contributed by atoms with Crippen molar-refractivity contribution in [2.45, 2.75) is 19.6 Å². The highest BCUT2D eigenvalue weighted by molar-refractivity contribution is 14.1. The third kappa shape index (κ3) is 7.30. The Labute approximate surface area is 280 Å². The van der Waals surface area contributed by atoms with E-state index in [1.54, 1.807) is 4.83 Å². The van der Waals surface area contributed by atoms with Gasteiger partial charge in [-0.15, -0.1) is 4.83 Å². The van der Waals surface area contributed by atoms with Crippen LogP contribution in [0.5, 0.6) is 17.2 Å². The summed E-state index contributed by atoms with van der Waals surface area (Å²) in [4.78, 5) is -0.909. The van der Waals surface area contributed by atoms with Crippen LogP contribution in [0.3, 0.4) is 0 Å². The molecule has 246 valence electrons. The lowest BCUT2D eigenvalue weighted by Crippen LogP contribution is -2.59. The highest BCUT2D eigenvalue weighted by Gasteiger charge is 2.49. The number of methoxy groups -OCH3 is 3. The van der Waals surface area contributed by atoms with E-state index in [1.165, 1.54) is 69.9 Å². The van der Waals surface area contributed by atoms with E-state index in [1.807, 2.05) is 22.6 Å². The fourth-order valence-corrected chi connectivity index (χ4v) is 11.1. The summed E-state index contributed by atoms with van der Waals surface area (Å²) in [6, 6.07) is 18.1. The van der Waals surface area contributed by atoms with Crippen LogP contribution in [0.1, 0.15) is 0 Å². The Morgan fingerprint density at radius 1 is 0.478 bits per heavy atom. The van der Waals surface area contributed by atoms with Crippen LogP contribution in [0.4, 0.5) is 0 Å². The second-order valence-electron chi connectivity index (χ2n) is 9.01. The summed E-state index contributed by atoms with van der Waals surface area (Å²) in [6.45, 7) is 0. The minimum atomic E-state index is -5.46. The Balaban J connectivity index is 2.05. The number of nitrogens with one attached hydrogen (secondary N) is 1. The number of rotatable bonds is 13. The van der Waals surface area contributed by atoms with Gasteiger partial charge in [0.2, 0.25) is 0 Å². The summed E-state index contributed by atoms with van der Waals surface area (Å²) in [7, 11) is -17.3. The molecule has 14 nitrogen and oxygen atoms in total. The van der Waals surface area contributed by atoms with Crippen LogP contribution in [0.2, 0.25) is 0 Å². The SMILES string of the molecule is COc1ccc(S(=O)(=O)N(NS(=O)(=O)c2ccc(I)cc2)N(S(=O)(=O)c2ccc(OC)cc2)S(=O)(=O)c2ccc(OC)cc2)cc1. The quantitative estimate of drug-likeness (QED) is 0.155. The predicted octanol–water partition coefficient (Wildman–Crippen LogP) is 3.20. The van der Waals surface area contributed by atoms with Gasteiger partial charge in [-0.05, 0) is 124 Å². The first-order valence-electron chi connectivity index (χ1n) is 12.6. The number of hydrazine groups is 2. The van der Waals surface area contributed by atoms with Crippen molar-refractivity contribution in [2.75, 3.05) is 21.3 Å². The summed E-state index contributed by atoms with van der Waals surface area (Å²) in [5.41, 5.74) is 0. The van der Waals surface area contributed by atoms with Gasteiger partial charge in [0, 0.05) is 7.39 Å². The molecule has 0 spiro atoms. The molecule has 4 rings (SSSR count). The molecule has 0 heterocycles. The molecule has 0 aliphatic rings. The van der Waals surface area contributed by atoms with Crippen molar-refractivity contribution in [2.24, 2.45) is 0 Å². The third-order valence-electron chi connectivity index (χ3n) is 6.18. The molecule has 4 aromatic carbocycles. The van der Waals surface area contributed by atoms with Gasteiger partial charge >= 0.3 is 0 Å². The van der Waals surface area contributed by atoms with Gasteiger partial charge in [-0.2, -0.15) is 0 Å². The zero-order chi connectivity index (χ0) is 33.9. The highest BCUT2D eigenvalue weighted by atomic mass is 127. The van der Waals surface area contributed by atoms with E-state index in [4.69, 9.17) is 14.2 Å². The number of benzene rings is 4. The number of sulfonamides is 4. The van der Waals surface area contributed by atoms with Gasteiger partial charge in [0.1, 0.15) is 17.2 Å². The maximum Gasteiger partial charge on any atom is 0.272 e. The summed E-state index contributed by atoms with van der Waals surface area (Å²) in [5.74, 6) is 0.606. The van der Waals surface area contributed by atoms with Crippen LogP contribution in [0.25, 0.3) is 0 Å². The molecule has 1 N–H and O–H groups in total. The first kappa shape index (κ1) is 35.5. The van der Waals surface area contributed by atoms with Crippen LogP contribution >= 0.6 is 22.6 Å². The normalized spacial score (nSPS) is 12.7. The fraction of sp³-hybridized carbons (Fsp3) is 0.111. The first-order valence-corrected chi connectivity index (χ1v) is 19.5. The van der Waals surface area contributed by atoms with Crippen molar-refractivity contribution in [3.63, 3.8) is 0 Å². The van der Waals surface area contributed by atoms with E-state index in [2.05, 4.69) is 0 Å². The average molecular weight is 824 g/mol. The van der Waals surface area contributed by atoms with Gasteiger partial charge < -0.3 is 14.2 Å². The van der Waals surface area contributed by atoms with E-state index < -0.39 is 68.0 Å². The smallest absolute Gasteiger partial charge is 0.272 e. The Hall–Kier alpha value is -3.31. The van der Waals surface area contributed by atoms with Crippen LogP contribution in [-0.2, 0) is 40.1 Å². The van der Waals surface area contributed by atoms with E-state index in [-0.39, 0.29) is 17.2 Å². The molecule has 0 aromatic heterocycles. The van der Waals surface area contributed by atoms with E-state index in [9.17, 15) is 33.7 Å².